The Balaban J connectivity index is 1.50. The quantitative estimate of drug-likeness (QED) is 0.674. The number of rotatable bonds is 4. The molecule has 2 aliphatic heterocycles. The molecular formula is C18H28FN5. The van der Waals surface area contributed by atoms with Crippen LogP contribution in [-0.4, -0.2) is 67.6 Å². The van der Waals surface area contributed by atoms with Crippen LogP contribution in [0.15, 0.2) is 29.3 Å². The number of nitrogens with zero attached hydrogens (tertiary/aromatic N) is 4. The van der Waals surface area contributed by atoms with Gasteiger partial charge in [-0.1, -0.05) is 6.92 Å². The van der Waals surface area contributed by atoms with Crippen molar-refractivity contribution in [3.8, 4) is 0 Å². The molecule has 0 aliphatic carbocycles. The zero-order valence-corrected chi connectivity index (χ0v) is 14.5. The van der Waals surface area contributed by atoms with Gasteiger partial charge in [0.1, 0.15) is 5.82 Å². The maximum atomic E-state index is 13.0. The summed E-state index contributed by atoms with van der Waals surface area (Å²) in [6, 6.07) is 7.25. The number of aliphatic imine (C=N–C) groups is 1. The lowest BCUT2D eigenvalue weighted by atomic mass is 10.2. The Labute approximate surface area is 143 Å². The molecular weight excluding hydrogens is 305 g/mol. The van der Waals surface area contributed by atoms with Crippen LogP contribution in [0.2, 0.25) is 0 Å². The molecule has 24 heavy (non-hydrogen) atoms. The summed E-state index contributed by atoms with van der Waals surface area (Å²) in [5.74, 6) is 0.471. The van der Waals surface area contributed by atoms with Gasteiger partial charge in [0.15, 0.2) is 5.96 Å². The lowest BCUT2D eigenvalue weighted by Gasteiger charge is -2.36. The molecule has 2 heterocycles. The summed E-state index contributed by atoms with van der Waals surface area (Å²) in [4.78, 5) is 11.6. The van der Waals surface area contributed by atoms with Crippen molar-refractivity contribution in [2.24, 2.45) is 10.7 Å². The number of guanidine groups is 1. The van der Waals surface area contributed by atoms with Gasteiger partial charge in [0, 0.05) is 37.9 Å². The minimum absolute atomic E-state index is 0.193. The Hall–Kier alpha value is -1.82. The van der Waals surface area contributed by atoms with Crippen LogP contribution in [0.1, 0.15) is 19.8 Å². The molecule has 0 aromatic heterocycles. The van der Waals surface area contributed by atoms with Crippen LogP contribution in [-0.2, 0) is 0 Å². The van der Waals surface area contributed by atoms with Gasteiger partial charge in [-0.2, -0.15) is 0 Å². The van der Waals surface area contributed by atoms with Crippen molar-refractivity contribution in [1.82, 2.24) is 9.80 Å². The van der Waals surface area contributed by atoms with Crippen molar-refractivity contribution >= 4 is 11.6 Å². The van der Waals surface area contributed by atoms with E-state index in [1.807, 2.05) is 12.1 Å². The highest BCUT2D eigenvalue weighted by Gasteiger charge is 2.23. The largest absolute Gasteiger partial charge is 0.370 e. The normalized spacial score (nSPS) is 23.1. The maximum absolute atomic E-state index is 13.0. The standard InChI is InChI=1S/C18H28FN5/c1-2-22-9-3-4-17(22)14-21-18(20)24-12-10-23(11-13-24)16-7-5-15(19)6-8-16/h5-8,17H,2-4,9-14H2,1H3,(H2,20,21). The molecule has 2 N–H and O–H groups in total. The second kappa shape index (κ2) is 7.83. The van der Waals surface area contributed by atoms with E-state index in [-0.39, 0.29) is 5.82 Å². The molecule has 0 radical (unpaired) electrons. The molecule has 1 unspecified atom stereocenters. The topological polar surface area (TPSA) is 48.1 Å². The van der Waals surface area contributed by atoms with Gasteiger partial charge in [0.2, 0.25) is 0 Å². The monoisotopic (exact) mass is 333 g/mol. The van der Waals surface area contributed by atoms with Crippen molar-refractivity contribution in [1.29, 1.82) is 0 Å². The van der Waals surface area contributed by atoms with E-state index in [9.17, 15) is 4.39 Å². The number of hydrogen-bond donors (Lipinski definition) is 1. The molecule has 0 amide bonds. The number of likely N-dealkylation sites (tertiary alicyclic amines) is 1. The Morgan fingerprint density at radius 2 is 1.88 bits per heavy atom. The Morgan fingerprint density at radius 1 is 1.17 bits per heavy atom. The van der Waals surface area contributed by atoms with Crippen molar-refractivity contribution < 1.29 is 4.39 Å². The fourth-order valence-electron chi connectivity index (χ4n) is 3.66. The molecule has 2 saturated heterocycles. The predicted octanol–water partition coefficient (Wildman–Crippen LogP) is 1.75. The molecule has 0 spiro atoms. The molecule has 132 valence electrons. The number of benzene rings is 1. The Morgan fingerprint density at radius 3 is 2.54 bits per heavy atom. The van der Waals surface area contributed by atoms with E-state index in [1.54, 1.807) is 0 Å². The third kappa shape index (κ3) is 3.98. The van der Waals surface area contributed by atoms with E-state index >= 15 is 0 Å². The highest BCUT2D eigenvalue weighted by molar-refractivity contribution is 5.78. The van der Waals surface area contributed by atoms with Crippen LogP contribution in [0.3, 0.4) is 0 Å². The van der Waals surface area contributed by atoms with Crippen molar-refractivity contribution in [3.63, 3.8) is 0 Å². The number of likely N-dealkylation sites (N-methyl/N-ethyl adjacent to an activating group) is 1. The molecule has 2 aliphatic rings. The van der Waals surface area contributed by atoms with Crippen LogP contribution >= 0.6 is 0 Å². The Bertz CT molecular complexity index is 551. The van der Waals surface area contributed by atoms with E-state index in [0.29, 0.717) is 12.0 Å². The minimum atomic E-state index is -0.193. The third-order valence-corrected chi connectivity index (χ3v) is 5.16. The van der Waals surface area contributed by atoms with E-state index in [1.165, 1.54) is 31.5 Å². The van der Waals surface area contributed by atoms with Gasteiger partial charge >= 0.3 is 0 Å². The van der Waals surface area contributed by atoms with Gasteiger partial charge in [0.05, 0.1) is 6.54 Å². The van der Waals surface area contributed by atoms with E-state index in [0.717, 1.165) is 45.0 Å². The van der Waals surface area contributed by atoms with Gasteiger partial charge in [-0.25, -0.2) is 4.39 Å². The maximum Gasteiger partial charge on any atom is 0.191 e. The highest BCUT2D eigenvalue weighted by atomic mass is 19.1. The summed E-state index contributed by atoms with van der Waals surface area (Å²) in [5.41, 5.74) is 7.27. The van der Waals surface area contributed by atoms with E-state index in [4.69, 9.17) is 5.73 Å². The molecule has 0 saturated carbocycles. The first kappa shape index (κ1) is 17.0. The molecule has 5 nitrogen and oxygen atoms in total. The van der Waals surface area contributed by atoms with Crippen molar-refractivity contribution in [2.75, 3.05) is 50.7 Å². The number of nitrogens with two attached hydrogens (primary N) is 1. The molecule has 0 bridgehead atoms. The summed E-state index contributed by atoms with van der Waals surface area (Å²) in [5, 5.41) is 0. The van der Waals surface area contributed by atoms with E-state index < -0.39 is 0 Å². The molecule has 2 fully saturated rings. The Kier molecular flexibility index (Phi) is 5.56. The van der Waals surface area contributed by atoms with Gasteiger partial charge in [0.25, 0.3) is 0 Å². The summed E-state index contributed by atoms with van der Waals surface area (Å²) < 4.78 is 13.0. The smallest absolute Gasteiger partial charge is 0.191 e. The highest BCUT2D eigenvalue weighted by Crippen LogP contribution is 2.18. The average molecular weight is 333 g/mol. The van der Waals surface area contributed by atoms with Gasteiger partial charge < -0.3 is 15.5 Å². The number of halogens is 1. The van der Waals surface area contributed by atoms with E-state index in [2.05, 4.69) is 26.6 Å². The zero-order valence-electron chi connectivity index (χ0n) is 14.5. The molecule has 3 rings (SSSR count). The second-order valence-corrected chi connectivity index (χ2v) is 6.57. The molecule has 1 aromatic rings. The molecule has 1 aromatic carbocycles. The number of anilines is 1. The second-order valence-electron chi connectivity index (χ2n) is 6.57. The summed E-state index contributed by atoms with van der Waals surface area (Å²) >= 11 is 0. The fraction of sp³-hybridized carbons (Fsp3) is 0.611. The first-order valence-electron chi connectivity index (χ1n) is 8.97. The van der Waals surface area contributed by atoms with Crippen molar-refractivity contribution in [2.45, 2.75) is 25.8 Å². The lowest BCUT2D eigenvalue weighted by molar-refractivity contribution is 0.272. The van der Waals surface area contributed by atoms with Crippen LogP contribution in [0, 0.1) is 5.82 Å². The fourth-order valence-corrected chi connectivity index (χ4v) is 3.66. The zero-order chi connectivity index (χ0) is 16.9. The summed E-state index contributed by atoms with van der Waals surface area (Å²) in [6.45, 7) is 8.77. The first-order chi connectivity index (χ1) is 11.7. The number of piperazine rings is 1. The first-order valence-corrected chi connectivity index (χ1v) is 8.97. The molecule has 1 atom stereocenters. The van der Waals surface area contributed by atoms with Crippen LogP contribution in [0.25, 0.3) is 0 Å². The van der Waals surface area contributed by atoms with Crippen LogP contribution in [0.5, 0.6) is 0 Å². The lowest BCUT2D eigenvalue weighted by Crippen LogP contribution is -2.51. The average Bonchev–Trinajstić information content (AvgIpc) is 3.08. The van der Waals surface area contributed by atoms with Crippen LogP contribution < -0.4 is 10.6 Å². The molecule has 6 heteroatoms. The predicted molar refractivity (Wildman–Crippen MR) is 96.9 cm³/mol. The third-order valence-electron chi connectivity index (χ3n) is 5.16. The van der Waals surface area contributed by atoms with Gasteiger partial charge in [-0.05, 0) is 50.2 Å². The van der Waals surface area contributed by atoms with Gasteiger partial charge in [-0.15, -0.1) is 0 Å². The van der Waals surface area contributed by atoms with Crippen molar-refractivity contribution in [3.05, 3.63) is 30.1 Å². The summed E-state index contributed by atoms with van der Waals surface area (Å²) in [7, 11) is 0. The number of hydrogen-bond acceptors (Lipinski definition) is 3. The SMILES string of the molecule is CCN1CCCC1CN=C(N)N1CCN(c2ccc(F)cc2)CC1. The van der Waals surface area contributed by atoms with Gasteiger partial charge in [-0.3, -0.25) is 9.89 Å². The summed E-state index contributed by atoms with van der Waals surface area (Å²) in [6.07, 6.45) is 2.49. The minimum Gasteiger partial charge on any atom is -0.370 e. The van der Waals surface area contributed by atoms with Crippen LogP contribution in [0.4, 0.5) is 10.1 Å².